The zero-order valence-corrected chi connectivity index (χ0v) is 12.1. The number of rotatable bonds is 6. The highest BCUT2D eigenvalue weighted by molar-refractivity contribution is 7.91. The highest BCUT2D eigenvalue weighted by Crippen LogP contribution is 2.18. The van der Waals surface area contributed by atoms with Crippen LogP contribution in [0.25, 0.3) is 0 Å². The van der Waals surface area contributed by atoms with Crippen molar-refractivity contribution in [1.29, 1.82) is 0 Å². The number of aromatic nitrogens is 3. The summed E-state index contributed by atoms with van der Waals surface area (Å²) < 4.78 is 24.4. The van der Waals surface area contributed by atoms with Crippen molar-refractivity contribution in [3.05, 3.63) is 12.4 Å². The van der Waals surface area contributed by atoms with Gasteiger partial charge in [-0.15, -0.1) is 5.10 Å². The van der Waals surface area contributed by atoms with Gasteiger partial charge in [0.15, 0.2) is 9.84 Å². The molecule has 1 aliphatic rings. The third kappa shape index (κ3) is 4.25. The minimum Gasteiger partial charge on any atom is -0.480 e. The molecule has 1 unspecified atom stereocenters. The first-order valence-electron chi connectivity index (χ1n) is 6.43. The molecule has 1 amide bonds. The normalized spacial score (nSPS) is 20.3. The number of carboxylic acid groups (broad SMARTS) is 1. The van der Waals surface area contributed by atoms with Crippen molar-refractivity contribution in [3.63, 3.8) is 0 Å². The average molecular weight is 316 g/mol. The number of hydrogen-bond donors (Lipinski definition) is 1. The van der Waals surface area contributed by atoms with Crippen LogP contribution in [0.4, 0.5) is 0 Å². The van der Waals surface area contributed by atoms with Crippen LogP contribution in [0.2, 0.25) is 0 Å². The molecule has 9 nitrogen and oxygen atoms in total. The van der Waals surface area contributed by atoms with E-state index in [1.807, 2.05) is 0 Å². The molecule has 1 saturated heterocycles. The molecular weight excluding hydrogens is 300 g/mol. The molecule has 1 fully saturated rings. The van der Waals surface area contributed by atoms with E-state index in [4.69, 9.17) is 5.11 Å². The molecule has 2 rings (SSSR count). The molecule has 1 N–H and O–H groups in total. The van der Waals surface area contributed by atoms with Gasteiger partial charge >= 0.3 is 5.97 Å². The minimum absolute atomic E-state index is 0.00978. The van der Waals surface area contributed by atoms with Crippen LogP contribution in [0, 0.1) is 0 Å². The van der Waals surface area contributed by atoms with Gasteiger partial charge in [-0.25, -0.2) is 8.42 Å². The Kier molecular flexibility index (Phi) is 4.56. The monoisotopic (exact) mass is 316 g/mol. The Bertz CT molecular complexity index is 613. The summed E-state index contributed by atoms with van der Waals surface area (Å²) >= 11 is 0. The fourth-order valence-corrected chi connectivity index (χ4v) is 4.02. The first-order valence-corrected chi connectivity index (χ1v) is 8.25. The van der Waals surface area contributed by atoms with Crippen molar-refractivity contribution in [2.24, 2.45) is 0 Å². The van der Waals surface area contributed by atoms with Crippen LogP contribution in [0.5, 0.6) is 0 Å². The summed E-state index contributed by atoms with van der Waals surface area (Å²) in [6.07, 6.45) is 3.40. The summed E-state index contributed by atoms with van der Waals surface area (Å²) in [6, 6.07) is -0.561. The second-order valence-electron chi connectivity index (χ2n) is 4.89. The Hall–Kier alpha value is -1.97. The molecule has 10 heteroatoms. The van der Waals surface area contributed by atoms with Crippen molar-refractivity contribution >= 4 is 21.7 Å². The number of carbonyl (C=O) groups excluding carboxylic acids is 1. The van der Waals surface area contributed by atoms with Crippen molar-refractivity contribution in [2.75, 3.05) is 18.1 Å². The lowest BCUT2D eigenvalue weighted by Gasteiger charge is -2.26. The maximum absolute atomic E-state index is 12.2. The summed E-state index contributed by atoms with van der Waals surface area (Å²) in [4.78, 5) is 24.2. The van der Waals surface area contributed by atoms with Gasteiger partial charge in [-0.2, -0.15) is 0 Å². The topological polar surface area (TPSA) is 122 Å². The molecule has 0 radical (unpaired) electrons. The molecule has 1 aromatic heterocycles. The van der Waals surface area contributed by atoms with Crippen LogP contribution in [-0.4, -0.2) is 69.4 Å². The molecule has 0 bridgehead atoms. The van der Waals surface area contributed by atoms with Crippen LogP contribution in [0.15, 0.2) is 12.4 Å². The Balaban J connectivity index is 2.01. The largest absolute Gasteiger partial charge is 0.480 e. The fraction of sp³-hybridized carbons (Fsp3) is 0.636. The summed E-state index contributed by atoms with van der Waals surface area (Å²) in [7, 11) is -3.18. The van der Waals surface area contributed by atoms with E-state index < -0.39 is 34.3 Å². The number of amides is 1. The van der Waals surface area contributed by atoms with E-state index >= 15 is 0 Å². The van der Waals surface area contributed by atoms with E-state index in [1.54, 1.807) is 6.20 Å². The molecule has 0 aliphatic carbocycles. The molecule has 0 aromatic carbocycles. The quantitative estimate of drug-likeness (QED) is 0.697. The number of nitrogens with zero attached hydrogens (tertiary/aromatic N) is 4. The van der Waals surface area contributed by atoms with Gasteiger partial charge in [0.05, 0.1) is 24.2 Å². The third-order valence-corrected chi connectivity index (χ3v) is 5.05. The predicted molar refractivity (Wildman–Crippen MR) is 71.0 cm³/mol. The first kappa shape index (κ1) is 15.4. The molecule has 2 heterocycles. The maximum atomic E-state index is 12.2. The van der Waals surface area contributed by atoms with Crippen LogP contribution < -0.4 is 0 Å². The molecular formula is C11H16N4O5S. The number of aryl methyl sites for hydroxylation is 1. The number of carbonyl (C=O) groups is 2. The zero-order chi connectivity index (χ0) is 15.5. The van der Waals surface area contributed by atoms with Gasteiger partial charge < -0.3 is 10.0 Å². The average Bonchev–Trinajstić information content (AvgIpc) is 3.02. The van der Waals surface area contributed by atoms with Crippen molar-refractivity contribution < 1.29 is 23.1 Å². The standard InChI is InChI=1S/C11H16N4O5S/c16-10(1-4-14-5-3-12-13-14)15(7-11(17)18)9-2-6-21(19,20)8-9/h3,5,9H,1-2,4,6-8H2,(H,17,18). The van der Waals surface area contributed by atoms with Crippen LogP contribution in [0.1, 0.15) is 12.8 Å². The fourth-order valence-electron chi connectivity index (χ4n) is 2.29. The van der Waals surface area contributed by atoms with E-state index in [-0.39, 0.29) is 30.9 Å². The maximum Gasteiger partial charge on any atom is 0.323 e. The molecule has 1 atom stereocenters. The second-order valence-corrected chi connectivity index (χ2v) is 7.12. The third-order valence-electron chi connectivity index (χ3n) is 3.30. The first-order chi connectivity index (χ1) is 9.87. The Morgan fingerprint density at radius 1 is 1.43 bits per heavy atom. The lowest BCUT2D eigenvalue weighted by molar-refractivity contribution is -0.146. The zero-order valence-electron chi connectivity index (χ0n) is 11.3. The summed E-state index contributed by atoms with van der Waals surface area (Å²) in [5, 5.41) is 16.2. The number of hydrogen-bond acceptors (Lipinski definition) is 6. The summed E-state index contributed by atoms with van der Waals surface area (Å²) in [6.45, 7) is -0.217. The SMILES string of the molecule is O=C(O)CN(C(=O)CCn1ccnn1)C1CCS(=O)(=O)C1. The molecule has 0 spiro atoms. The van der Waals surface area contributed by atoms with Gasteiger partial charge in [-0.05, 0) is 6.42 Å². The van der Waals surface area contributed by atoms with E-state index in [9.17, 15) is 18.0 Å². The van der Waals surface area contributed by atoms with Gasteiger partial charge in [0.2, 0.25) is 5.91 Å². The molecule has 1 aliphatic heterocycles. The predicted octanol–water partition coefficient (Wildman–Crippen LogP) is -1.23. The van der Waals surface area contributed by atoms with Gasteiger partial charge in [0, 0.05) is 18.7 Å². The van der Waals surface area contributed by atoms with E-state index in [1.165, 1.54) is 10.9 Å². The van der Waals surface area contributed by atoms with Crippen molar-refractivity contribution in [1.82, 2.24) is 19.9 Å². The Morgan fingerprint density at radius 2 is 2.19 bits per heavy atom. The van der Waals surface area contributed by atoms with Crippen molar-refractivity contribution in [2.45, 2.75) is 25.4 Å². The number of carboxylic acids is 1. The second kappa shape index (κ2) is 6.20. The smallest absolute Gasteiger partial charge is 0.323 e. The van der Waals surface area contributed by atoms with Gasteiger partial charge in [-0.3, -0.25) is 14.3 Å². The van der Waals surface area contributed by atoms with Crippen LogP contribution >= 0.6 is 0 Å². The number of sulfone groups is 1. The van der Waals surface area contributed by atoms with Crippen LogP contribution in [0.3, 0.4) is 0 Å². The van der Waals surface area contributed by atoms with E-state index in [0.29, 0.717) is 0 Å². The minimum atomic E-state index is -3.18. The molecule has 1 aromatic rings. The van der Waals surface area contributed by atoms with E-state index in [0.717, 1.165) is 4.90 Å². The Morgan fingerprint density at radius 3 is 2.71 bits per heavy atom. The molecule has 0 saturated carbocycles. The van der Waals surface area contributed by atoms with Crippen LogP contribution in [-0.2, 0) is 26.0 Å². The lowest BCUT2D eigenvalue weighted by Crippen LogP contribution is -2.44. The van der Waals surface area contributed by atoms with Gasteiger partial charge in [0.25, 0.3) is 0 Å². The lowest BCUT2D eigenvalue weighted by atomic mass is 10.2. The van der Waals surface area contributed by atoms with Gasteiger partial charge in [0.1, 0.15) is 6.54 Å². The number of aliphatic carboxylic acids is 1. The molecule has 21 heavy (non-hydrogen) atoms. The Labute approximate surface area is 121 Å². The molecule has 116 valence electrons. The highest BCUT2D eigenvalue weighted by atomic mass is 32.2. The van der Waals surface area contributed by atoms with Gasteiger partial charge in [-0.1, -0.05) is 5.21 Å². The van der Waals surface area contributed by atoms with E-state index in [2.05, 4.69) is 10.3 Å². The summed E-state index contributed by atoms with van der Waals surface area (Å²) in [5.74, 6) is -1.73. The van der Waals surface area contributed by atoms with Crippen molar-refractivity contribution in [3.8, 4) is 0 Å². The summed E-state index contributed by atoms with van der Waals surface area (Å²) in [5.41, 5.74) is 0. The highest BCUT2D eigenvalue weighted by Gasteiger charge is 2.35.